The number of carbonyl (C=O) groups is 1. The van der Waals surface area contributed by atoms with Crippen molar-refractivity contribution in [3.63, 3.8) is 0 Å². The molecule has 0 saturated carbocycles. The first-order chi connectivity index (χ1) is 10.1. The summed E-state index contributed by atoms with van der Waals surface area (Å²) in [5.74, 6) is -0.788. The molecule has 0 amide bonds. The zero-order valence-corrected chi connectivity index (χ0v) is 11.0. The van der Waals surface area contributed by atoms with Gasteiger partial charge in [-0.2, -0.15) is 0 Å². The number of fused-ring (bicyclic) bond motifs is 1. The van der Waals surface area contributed by atoms with Crippen molar-refractivity contribution in [2.75, 3.05) is 0 Å². The number of rotatable bonds is 4. The molecule has 4 nitrogen and oxygen atoms in total. The van der Waals surface area contributed by atoms with Gasteiger partial charge in [0.2, 0.25) is 0 Å². The summed E-state index contributed by atoms with van der Waals surface area (Å²) in [6.45, 7) is 0.204. The maximum Gasteiger partial charge on any atom is 0.336 e. The van der Waals surface area contributed by atoms with Crippen LogP contribution in [0.15, 0.2) is 48.7 Å². The first-order valence-electron chi connectivity index (χ1n) is 6.36. The smallest absolute Gasteiger partial charge is 0.336 e. The summed E-state index contributed by atoms with van der Waals surface area (Å²) >= 11 is 0. The molecule has 106 valence electrons. The minimum Gasteiger partial charge on any atom is -0.489 e. The first kappa shape index (κ1) is 13.2. The summed E-state index contributed by atoms with van der Waals surface area (Å²) in [6, 6.07) is 10.7. The molecule has 3 aromatic rings. The van der Waals surface area contributed by atoms with Gasteiger partial charge in [-0.3, -0.25) is 0 Å². The van der Waals surface area contributed by atoms with Crippen molar-refractivity contribution in [1.29, 1.82) is 0 Å². The van der Waals surface area contributed by atoms with Gasteiger partial charge < -0.3 is 14.8 Å². The van der Waals surface area contributed by atoms with Crippen LogP contribution in [0.3, 0.4) is 0 Å². The Morgan fingerprint density at radius 3 is 2.67 bits per heavy atom. The van der Waals surface area contributed by atoms with Gasteiger partial charge in [-0.15, -0.1) is 0 Å². The van der Waals surface area contributed by atoms with Gasteiger partial charge >= 0.3 is 5.97 Å². The Kier molecular flexibility index (Phi) is 3.31. The summed E-state index contributed by atoms with van der Waals surface area (Å²) in [5, 5.41) is 9.88. The average molecular weight is 285 g/mol. The van der Waals surface area contributed by atoms with Gasteiger partial charge in [0.1, 0.15) is 18.2 Å². The Morgan fingerprint density at radius 1 is 1.19 bits per heavy atom. The molecule has 0 aliphatic heterocycles. The van der Waals surface area contributed by atoms with Crippen molar-refractivity contribution < 1.29 is 19.0 Å². The molecular weight excluding hydrogens is 273 g/mol. The fourth-order valence-corrected chi connectivity index (χ4v) is 2.24. The second kappa shape index (κ2) is 5.28. The lowest BCUT2D eigenvalue weighted by atomic mass is 10.1. The van der Waals surface area contributed by atoms with E-state index in [1.165, 1.54) is 24.3 Å². The van der Waals surface area contributed by atoms with Crippen LogP contribution in [0.2, 0.25) is 0 Å². The molecule has 5 heteroatoms. The van der Waals surface area contributed by atoms with Crippen LogP contribution in [0.25, 0.3) is 10.9 Å². The number of carboxylic acids is 1. The SMILES string of the molecule is O=C(O)c1cccc2[nH]cc(COc3ccc(F)cc3)c12. The number of benzene rings is 2. The number of aromatic amines is 1. The van der Waals surface area contributed by atoms with E-state index in [2.05, 4.69) is 4.98 Å². The van der Waals surface area contributed by atoms with Crippen LogP contribution in [-0.2, 0) is 6.61 Å². The van der Waals surface area contributed by atoms with Gasteiger partial charge in [0.05, 0.1) is 5.56 Å². The van der Waals surface area contributed by atoms with Crippen LogP contribution >= 0.6 is 0 Å². The highest BCUT2D eigenvalue weighted by atomic mass is 19.1. The van der Waals surface area contributed by atoms with E-state index in [-0.39, 0.29) is 18.0 Å². The zero-order valence-electron chi connectivity index (χ0n) is 11.0. The normalized spacial score (nSPS) is 10.7. The van der Waals surface area contributed by atoms with Crippen LogP contribution < -0.4 is 4.74 Å². The third-order valence-electron chi connectivity index (χ3n) is 3.23. The summed E-state index contributed by atoms with van der Waals surface area (Å²) in [6.07, 6.45) is 1.72. The molecule has 0 spiro atoms. The number of nitrogens with one attached hydrogen (secondary N) is 1. The topological polar surface area (TPSA) is 62.3 Å². The fraction of sp³-hybridized carbons (Fsp3) is 0.0625. The fourth-order valence-electron chi connectivity index (χ4n) is 2.24. The Bertz CT molecular complexity index is 793. The molecule has 0 aliphatic rings. The minimum atomic E-state index is -0.983. The highest BCUT2D eigenvalue weighted by molar-refractivity contribution is 6.04. The maximum atomic E-state index is 12.8. The quantitative estimate of drug-likeness (QED) is 0.770. The molecule has 2 aromatic carbocycles. The van der Waals surface area contributed by atoms with Gasteiger partial charge in [-0.25, -0.2) is 9.18 Å². The van der Waals surface area contributed by atoms with Crippen molar-refractivity contribution >= 4 is 16.9 Å². The summed E-state index contributed by atoms with van der Waals surface area (Å²) in [4.78, 5) is 14.3. The van der Waals surface area contributed by atoms with Crippen molar-refractivity contribution in [2.24, 2.45) is 0 Å². The van der Waals surface area contributed by atoms with Gasteiger partial charge in [0, 0.05) is 22.7 Å². The molecule has 0 bridgehead atoms. The van der Waals surface area contributed by atoms with E-state index >= 15 is 0 Å². The molecular formula is C16H12FNO3. The lowest BCUT2D eigenvalue weighted by molar-refractivity contribution is 0.0699. The van der Waals surface area contributed by atoms with Crippen molar-refractivity contribution in [3.8, 4) is 5.75 Å². The zero-order chi connectivity index (χ0) is 14.8. The third-order valence-corrected chi connectivity index (χ3v) is 3.23. The lowest BCUT2D eigenvalue weighted by Gasteiger charge is -2.06. The number of halogens is 1. The summed E-state index contributed by atoms with van der Waals surface area (Å²) < 4.78 is 18.4. The van der Waals surface area contributed by atoms with E-state index in [9.17, 15) is 14.3 Å². The number of aromatic carboxylic acids is 1. The Morgan fingerprint density at radius 2 is 1.95 bits per heavy atom. The van der Waals surface area contributed by atoms with Gasteiger partial charge in [0.25, 0.3) is 0 Å². The Hall–Kier alpha value is -2.82. The predicted molar refractivity (Wildman–Crippen MR) is 76.0 cm³/mol. The second-order valence-electron chi connectivity index (χ2n) is 4.59. The highest BCUT2D eigenvalue weighted by Crippen LogP contribution is 2.24. The van der Waals surface area contributed by atoms with Crippen LogP contribution in [0.1, 0.15) is 15.9 Å². The van der Waals surface area contributed by atoms with Crippen molar-refractivity contribution in [2.45, 2.75) is 6.61 Å². The van der Waals surface area contributed by atoms with E-state index in [4.69, 9.17) is 4.74 Å². The molecule has 21 heavy (non-hydrogen) atoms. The van der Waals surface area contributed by atoms with Crippen molar-refractivity contribution in [1.82, 2.24) is 4.98 Å². The first-order valence-corrected chi connectivity index (χ1v) is 6.36. The molecule has 1 heterocycles. The van der Waals surface area contributed by atoms with E-state index in [1.807, 2.05) is 6.07 Å². The molecule has 0 saturated heterocycles. The Labute approximate surface area is 119 Å². The molecule has 1 aromatic heterocycles. The van der Waals surface area contributed by atoms with Crippen LogP contribution in [0.5, 0.6) is 5.75 Å². The number of hydrogen-bond acceptors (Lipinski definition) is 2. The van der Waals surface area contributed by atoms with Crippen LogP contribution in [0, 0.1) is 5.82 Å². The Balaban J connectivity index is 1.90. The van der Waals surface area contributed by atoms with Crippen molar-refractivity contribution in [3.05, 3.63) is 65.6 Å². The predicted octanol–water partition coefficient (Wildman–Crippen LogP) is 3.58. The van der Waals surface area contributed by atoms with Gasteiger partial charge in [-0.05, 0) is 36.4 Å². The van der Waals surface area contributed by atoms with Crippen LogP contribution in [-0.4, -0.2) is 16.1 Å². The van der Waals surface area contributed by atoms with E-state index < -0.39 is 5.97 Å². The number of ether oxygens (including phenoxy) is 1. The maximum absolute atomic E-state index is 12.8. The molecule has 3 rings (SSSR count). The molecule has 0 atom stereocenters. The number of hydrogen-bond donors (Lipinski definition) is 2. The summed E-state index contributed by atoms with van der Waals surface area (Å²) in [5.41, 5.74) is 1.71. The monoisotopic (exact) mass is 285 g/mol. The standard InChI is InChI=1S/C16H12FNO3/c17-11-4-6-12(7-5-11)21-9-10-8-18-14-3-1-2-13(15(10)14)16(19)20/h1-8,18H,9H2,(H,19,20). The second-order valence-corrected chi connectivity index (χ2v) is 4.59. The molecule has 0 unspecified atom stereocenters. The molecule has 0 radical (unpaired) electrons. The highest BCUT2D eigenvalue weighted by Gasteiger charge is 2.13. The summed E-state index contributed by atoms with van der Waals surface area (Å²) in [7, 11) is 0. The molecule has 2 N–H and O–H groups in total. The number of H-pyrrole nitrogens is 1. The van der Waals surface area contributed by atoms with E-state index in [0.29, 0.717) is 11.1 Å². The third kappa shape index (κ3) is 2.58. The minimum absolute atomic E-state index is 0.204. The average Bonchev–Trinajstić information content (AvgIpc) is 2.90. The number of aromatic nitrogens is 1. The van der Waals surface area contributed by atoms with E-state index in [0.717, 1.165) is 11.1 Å². The largest absolute Gasteiger partial charge is 0.489 e. The van der Waals surface area contributed by atoms with Gasteiger partial charge in [0.15, 0.2) is 0 Å². The molecule has 0 aliphatic carbocycles. The molecule has 0 fully saturated rings. The van der Waals surface area contributed by atoms with E-state index in [1.54, 1.807) is 18.3 Å². The lowest BCUT2D eigenvalue weighted by Crippen LogP contribution is -2.00. The number of carboxylic acid groups (broad SMARTS) is 1. The van der Waals surface area contributed by atoms with Crippen LogP contribution in [0.4, 0.5) is 4.39 Å². The van der Waals surface area contributed by atoms with Gasteiger partial charge in [-0.1, -0.05) is 6.07 Å².